The third-order valence-corrected chi connectivity index (χ3v) is 4.45. The van der Waals surface area contributed by atoms with Gasteiger partial charge in [-0.15, -0.1) is 0 Å². The molecule has 0 amide bonds. The van der Waals surface area contributed by atoms with Crippen molar-refractivity contribution in [1.82, 2.24) is 9.97 Å². The summed E-state index contributed by atoms with van der Waals surface area (Å²) in [7, 11) is -3.24. The van der Waals surface area contributed by atoms with E-state index >= 15 is 0 Å². The molecule has 0 spiro atoms. The molecule has 1 saturated heterocycles. The quantitative estimate of drug-likeness (QED) is 0.735. The minimum atomic E-state index is -3.24. The first kappa shape index (κ1) is 14.8. The Hall–Kier alpha value is -1.12. The Morgan fingerprint density at radius 2 is 2.19 bits per heavy atom. The van der Waals surface area contributed by atoms with Crippen LogP contribution in [0.3, 0.4) is 0 Å². The van der Waals surface area contributed by atoms with Crippen molar-refractivity contribution in [2.24, 2.45) is 0 Å². The Balaban J connectivity index is 2.08. The summed E-state index contributed by atoms with van der Waals surface area (Å²) in [5.74, 6) is 0.778. The largest absolute Gasteiger partial charge is 0.488 e. The third kappa shape index (κ3) is 3.22. The summed E-state index contributed by atoms with van der Waals surface area (Å²) in [5, 5.41) is 0.0307. The maximum atomic E-state index is 11.6. The highest BCUT2D eigenvalue weighted by Gasteiger charge is 2.32. The van der Waals surface area contributed by atoms with Gasteiger partial charge < -0.3 is 14.4 Å². The first-order valence-corrected chi connectivity index (χ1v) is 9.09. The van der Waals surface area contributed by atoms with Gasteiger partial charge >= 0.3 is 0 Å². The molecule has 2 aliphatic rings. The number of nitrogens with zero attached hydrogens (tertiary/aromatic N) is 3. The minimum Gasteiger partial charge on any atom is -0.488 e. The van der Waals surface area contributed by atoms with E-state index in [4.69, 9.17) is 21.1 Å². The van der Waals surface area contributed by atoms with Crippen molar-refractivity contribution in [2.45, 2.75) is 18.2 Å². The Bertz CT molecular complexity index is 652. The van der Waals surface area contributed by atoms with Gasteiger partial charge in [0, 0.05) is 19.2 Å². The second kappa shape index (κ2) is 5.58. The van der Waals surface area contributed by atoms with Gasteiger partial charge in [-0.2, -0.15) is 4.98 Å². The summed E-state index contributed by atoms with van der Waals surface area (Å²) in [6, 6.07) is 0.164. The van der Waals surface area contributed by atoms with E-state index in [9.17, 15) is 8.42 Å². The molecule has 0 aromatic carbocycles. The first-order valence-electron chi connectivity index (χ1n) is 6.65. The van der Waals surface area contributed by atoms with Crippen LogP contribution in [-0.4, -0.2) is 57.0 Å². The number of aromatic nitrogens is 2. The van der Waals surface area contributed by atoms with Gasteiger partial charge in [-0.3, -0.25) is 0 Å². The molecule has 0 radical (unpaired) electrons. The molecule has 1 aromatic heterocycles. The number of morpholine rings is 1. The predicted octanol–water partition coefficient (Wildman–Crippen LogP) is 0.662. The molecule has 9 heteroatoms. The van der Waals surface area contributed by atoms with Gasteiger partial charge in [0.1, 0.15) is 5.69 Å². The molecule has 0 saturated carbocycles. The zero-order valence-electron chi connectivity index (χ0n) is 11.6. The third-order valence-electron chi connectivity index (χ3n) is 3.49. The van der Waals surface area contributed by atoms with Crippen LogP contribution >= 0.6 is 11.6 Å². The maximum absolute atomic E-state index is 11.6. The summed E-state index contributed by atoms with van der Waals surface area (Å²) in [4.78, 5) is 10.4. The molecular formula is C12H16ClN3O4S. The lowest BCUT2D eigenvalue weighted by Gasteiger charge is -2.35. The molecule has 3 heterocycles. The summed E-state index contributed by atoms with van der Waals surface area (Å²) in [6.45, 7) is 2.34. The molecule has 0 N–H and O–H groups in total. The van der Waals surface area contributed by atoms with Crippen LogP contribution in [-0.2, 0) is 20.3 Å². The Morgan fingerprint density at radius 1 is 1.38 bits per heavy atom. The second-order valence-electron chi connectivity index (χ2n) is 5.22. The molecule has 0 bridgehead atoms. The molecule has 1 unspecified atom stereocenters. The number of hydrogen-bond donors (Lipinski definition) is 0. The van der Waals surface area contributed by atoms with Crippen LogP contribution < -0.4 is 9.64 Å². The monoisotopic (exact) mass is 333 g/mol. The molecule has 7 nitrogen and oxygen atoms in total. The highest BCUT2D eigenvalue weighted by molar-refractivity contribution is 7.89. The summed E-state index contributed by atoms with van der Waals surface area (Å²) in [5.41, 5.74) is 0.319. The smallest absolute Gasteiger partial charge is 0.224 e. The SMILES string of the molecule is CS(=O)(=O)Cc1nc(Cl)nc2c1OCCC1COCCN21. The van der Waals surface area contributed by atoms with Crippen molar-refractivity contribution in [1.29, 1.82) is 0 Å². The molecular weight excluding hydrogens is 318 g/mol. The summed E-state index contributed by atoms with van der Waals surface area (Å²) in [6.07, 6.45) is 1.94. The number of halogens is 1. The van der Waals surface area contributed by atoms with E-state index in [1.807, 2.05) is 0 Å². The van der Waals surface area contributed by atoms with Crippen molar-refractivity contribution in [3.63, 3.8) is 0 Å². The predicted molar refractivity (Wildman–Crippen MR) is 77.7 cm³/mol. The Morgan fingerprint density at radius 3 is 2.95 bits per heavy atom. The number of sulfone groups is 1. The lowest BCUT2D eigenvalue weighted by molar-refractivity contribution is 0.0894. The number of hydrogen-bond acceptors (Lipinski definition) is 7. The molecule has 1 atom stereocenters. The van der Waals surface area contributed by atoms with Crippen molar-refractivity contribution < 1.29 is 17.9 Å². The van der Waals surface area contributed by atoms with Gasteiger partial charge in [-0.25, -0.2) is 13.4 Å². The molecule has 3 rings (SSSR count). The highest BCUT2D eigenvalue weighted by Crippen LogP contribution is 2.36. The minimum absolute atomic E-state index is 0.0307. The van der Waals surface area contributed by atoms with Crippen molar-refractivity contribution >= 4 is 27.3 Å². The molecule has 2 aliphatic heterocycles. The second-order valence-corrected chi connectivity index (χ2v) is 7.70. The lowest BCUT2D eigenvalue weighted by Crippen LogP contribution is -2.45. The van der Waals surface area contributed by atoms with Crippen LogP contribution in [0.15, 0.2) is 0 Å². The molecule has 1 fully saturated rings. The van der Waals surface area contributed by atoms with E-state index in [0.29, 0.717) is 43.6 Å². The molecule has 0 aliphatic carbocycles. The Labute approximate surface area is 128 Å². The molecule has 116 valence electrons. The van der Waals surface area contributed by atoms with Crippen LogP contribution in [0.25, 0.3) is 0 Å². The van der Waals surface area contributed by atoms with Crippen LogP contribution in [0, 0.1) is 0 Å². The summed E-state index contributed by atoms with van der Waals surface area (Å²) < 4.78 is 34.4. The zero-order valence-corrected chi connectivity index (χ0v) is 13.2. The van der Waals surface area contributed by atoms with Crippen LogP contribution in [0.5, 0.6) is 5.75 Å². The number of fused-ring (bicyclic) bond motifs is 3. The van der Waals surface area contributed by atoms with E-state index in [0.717, 1.165) is 12.7 Å². The average Bonchev–Trinajstić information content (AvgIpc) is 2.57. The van der Waals surface area contributed by atoms with Crippen molar-refractivity contribution in [3.8, 4) is 5.75 Å². The fraction of sp³-hybridized carbons (Fsp3) is 0.667. The van der Waals surface area contributed by atoms with E-state index in [1.165, 1.54) is 0 Å². The van der Waals surface area contributed by atoms with Crippen LogP contribution in [0.4, 0.5) is 5.82 Å². The molecule has 21 heavy (non-hydrogen) atoms. The fourth-order valence-electron chi connectivity index (χ4n) is 2.61. The molecule has 1 aromatic rings. The fourth-order valence-corrected chi connectivity index (χ4v) is 3.49. The first-order chi connectivity index (χ1) is 9.94. The van der Waals surface area contributed by atoms with Gasteiger partial charge in [-0.05, 0) is 11.6 Å². The normalized spacial score (nSPS) is 22.0. The lowest BCUT2D eigenvalue weighted by atomic mass is 10.1. The highest BCUT2D eigenvalue weighted by atomic mass is 35.5. The maximum Gasteiger partial charge on any atom is 0.224 e. The number of anilines is 1. The van der Waals surface area contributed by atoms with Crippen molar-refractivity contribution in [2.75, 3.05) is 37.5 Å². The van der Waals surface area contributed by atoms with E-state index < -0.39 is 9.84 Å². The Kier molecular flexibility index (Phi) is 3.94. The van der Waals surface area contributed by atoms with Crippen LogP contribution in [0.1, 0.15) is 12.1 Å². The average molecular weight is 334 g/mol. The van der Waals surface area contributed by atoms with E-state index in [2.05, 4.69) is 14.9 Å². The van der Waals surface area contributed by atoms with Gasteiger partial charge in [-0.1, -0.05) is 0 Å². The standard InChI is InChI=1S/C12H16ClN3O4S/c1-21(17,18)7-9-10-11(15-12(13)14-9)16-3-5-19-6-8(16)2-4-20-10/h8H,2-7H2,1H3. The summed E-state index contributed by atoms with van der Waals surface area (Å²) >= 11 is 5.96. The van der Waals surface area contributed by atoms with Gasteiger partial charge in [0.05, 0.1) is 31.6 Å². The number of rotatable bonds is 2. The topological polar surface area (TPSA) is 81.6 Å². The zero-order chi connectivity index (χ0) is 15.0. The van der Waals surface area contributed by atoms with Crippen LogP contribution in [0.2, 0.25) is 5.28 Å². The van der Waals surface area contributed by atoms with Gasteiger partial charge in [0.25, 0.3) is 0 Å². The van der Waals surface area contributed by atoms with E-state index in [1.54, 1.807) is 0 Å². The number of ether oxygens (including phenoxy) is 2. The van der Waals surface area contributed by atoms with Crippen molar-refractivity contribution in [3.05, 3.63) is 11.0 Å². The van der Waals surface area contributed by atoms with Gasteiger partial charge in [0.2, 0.25) is 5.28 Å². The van der Waals surface area contributed by atoms with Gasteiger partial charge in [0.15, 0.2) is 21.4 Å². The van der Waals surface area contributed by atoms with E-state index in [-0.39, 0.29) is 17.1 Å².